The lowest BCUT2D eigenvalue weighted by Gasteiger charge is -2.47. The van der Waals surface area contributed by atoms with E-state index in [1.54, 1.807) is 14.2 Å². The molecule has 0 saturated carbocycles. The van der Waals surface area contributed by atoms with Crippen LogP contribution in [-0.2, 0) is 30.0 Å². The summed E-state index contributed by atoms with van der Waals surface area (Å²) < 4.78 is 55.5. The van der Waals surface area contributed by atoms with Crippen molar-refractivity contribution in [3.8, 4) is 0 Å². The van der Waals surface area contributed by atoms with Crippen molar-refractivity contribution in [1.29, 1.82) is 0 Å². The van der Waals surface area contributed by atoms with Gasteiger partial charge in [0.25, 0.3) is 0 Å². The second kappa shape index (κ2) is 14.4. The molecule has 1 N–H and O–H groups in total. The minimum atomic E-state index is -1.35. The van der Waals surface area contributed by atoms with Crippen LogP contribution in [0.5, 0.6) is 0 Å². The SMILES string of the molecule is C=C[C@@H](B1O[C@@H](C(OC)(c2ccccc2)c2ccccc2)[C@H](C(OC)(c2ccccc2)c2ccccc2)O1)[C@H](O)c1ccc(F)c(F)c1. The van der Waals surface area contributed by atoms with Gasteiger partial charge in [-0.15, -0.1) is 6.58 Å². The van der Waals surface area contributed by atoms with Gasteiger partial charge in [0.2, 0.25) is 0 Å². The van der Waals surface area contributed by atoms with E-state index >= 15 is 0 Å². The molecule has 1 aliphatic rings. The van der Waals surface area contributed by atoms with E-state index in [4.69, 9.17) is 18.8 Å². The molecule has 0 aliphatic carbocycles. The van der Waals surface area contributed by atoms with E-state index in [-0.39, 0.29) is 5.56 Å². The highest BCUT2D eigenvalue weighted by molar-refractivity contribution is 6.48. The topological polar surface area (TPSA) is 57.2 Å². The minimum absolute atomic E-state index is 0.152. The minimum Gasteiger partial charge on any atom is -0.401 e. The van der Waals surface area contributed by atoms with Crippen molar-refractivity contribution in [2.75, 3.05) is 14.2 Å². The molecule has 0 bridgehead atoms. The third-order valence-electron chi connectivity index (χ3n) is 9.33. The average molecular weight is 647 g/mol. The zero-order valence-electron chi connectivity index (χ0n) is 26.8. The Morgan fingerprint density at radius 1 is 0.646 bits per heavy atom. The van der Waals surface area contributed by atoms with Crippen molar-refractivity contribution in [3.63, 3.8) is 0 Å². The van der Waals surface area contributed by atoms with Crippen LogP contribution in [0.25, 0.3) is 0 Å². The molecule has 0 radical (unpaired) electrons. The highest BCUT2D eigenvalue weighted by Crippen LogP contribution is 2.52. The van der Waals surface area contributed by atoms with Gasteiger partial charge in [-0.3, -0.25) is 0 Å². The lowest BCUT2D eigenvalue weighted by molar-refractivity contribution is -0.136. The first-order valence-corrected chi connectivity index (χ1v) is 15.8. The molecule has 1 heterocycles. The van der Waals surface area contributed by atoms with Crippen LogP contribution in [0.2, 0.25) is 5.82 Å². The molecule has 244 valence electrons. The van der Waals surface area contributed by atoms with Crippen LogP contribution in [-0.4, -0.2) is 38.7 Å². The molecular weight excluding hydrogens is 609 g/mol. The van der Waals surface area contributed by atoms with Crippen molar-refractivity contribution < 1.29 is 32.7 Å². The molecule has 0 unspecified atom stereocenters. The van der Waals surface area contributed by atoms with Crippen molar-refractivity contribution in [1.82, 2.24) is 0 Å². The molecule has 0 aromatic heterocycles. The number of benzene rings is 5. The molecule has 4 atom stereocenters. The summed E-state index contributed by atoms with van der Waals surface area (Å²) >= 11 is 0. The van der Waals surface area contributed by atoms with Gasteiger partial charge in [0.1, 0.15) is 23.4 Å². The van der Waals surface area contributed by atoms with Gasteiger partial charge in [0.15, 0.2) is 11.6 Å². The molecular formula is C40H37BF2O5. The van der Waals surface area contributed by atoms with E-state index in [1.807, 2.05) is 121 Å². The number of ether oxygens (including phenoxy) is 2. The molecule has 1 fully saturated rings. The molecule has 1 aliphatic heterocycles. The Morgan fingerprint density at radius 2 is 1.02 bits per heavy atom. The largest absolute Gasteiger partial charge is 0.468 e. The smallest absolute Gasteiger partial charge is 0.401 e. The van der Waals surface area contributed by atoms with Crippen molar-refractivity contribution in [3.05, 3.63) is 192 Å². The van der Waals surface area contributed by atoms with Crippen molar-refractivity contribution in [2.24, 2.45) is 0 Å². The number of aliphatic hydroxyl groups excluding tert-OH is 1. The third kappa shape index (κ3) is 5.80. The van der Waals surface area contributed by atoms with Gasteiger partial charge in [-0.1, -0.05) is 133 Å². The zero-order valence-corrected chi connectivity index (χ0v) is 26.8. The molecule has 5 aromatic carbocycles. The van der Waals surface area contributed by atoms with E-state index < -0.39 is 54.1 Å². The Bertz CT molecular complexity index is 1610. The van der Waals surface area contributed by atoms with Gasteiger partial charge < -0.3 is 23.9 Å². The van der Waals surface area contributed by atoms with Gasteiger partial charge in [0.05, 0.1) is 6.10 Å². The standard InChI is InChI=1S/C40H37BF2O5/c1-4-33(36(44)28-25-26-34(42)35(43)27-28)41-47-37(39(45-2,29-17-9-5-10-18-29)30-19-11-6-12-20-30)38(48-41)40(46-3,31-21-13-7-14-22-31)32-23-15-8-16-24-32/h4-27,33,36-38,44H,1H2,2-3H3/t33-,36-,37-,38-/m1/s1. The summed E-state index contributed by atoms with van der Waals surface area (Å²) in [6.07, 6.45) is -1.65. The average Bonchev–Trinajstić information content (AvgIpc) is 3.58. The Hall–Kier alpha value is -4.44. The van der Waals surface area contributed by atoms with Crippen LogP contribution >= 0.6 is 0 Å². The molecule has 0 amide bonds. The molecule has 0 spiro atoms. The lowest BCUT2D eigenvalue weighted by atomic mass is 9.67. The Morgan fingerprint density at radius 3 is 1.33 bits per heavy atom. The fraction of sp³-hybridized carbons (Fsp3) is 0.200. The van der Waals surface area contributed by atoms with Crippen LogP contribution in [0.3, 0.4) is 0 Å². The predicted molar refractivity (Wildman–Crippen MR) is 182 cm³/mol. The summed E-state index contributed by atoms with van der Waals surface area (Å²) in [4.78, 5) is 0. The maximum absolute atomic E-state index is 14.4. The summed E-state index contributed by atoms with van der Waals surface area (Å²) in [6.45, 7) is 3.99. The second-order valence-electron chi connectivity index (χ2n) is 11.8. The molecule has 5 aromatic rings. The maximum Gasteiger partial charge on any atom is 0.468 e. The van der Waals surface area contributed by atoms with Crippen LogP contribution in [0.15, 0.2) is 152 Å². The summed E-state index contributed by atoms with van der Waals surface area (Å²) in [5.41, 5.74) is 0.864. The second-order valence-corrected chi connectivity index (χ2v) is 11.8. The first-order chi connectivity index (χ1) is 23.4. The van der Waals surface area contributed by atoms with Gasteiger partial charge in [-0.05, 0) is 39.9 Å². The highest BCUT2D eigenvalue weighted by atomic mass is 19.2. The number of hydrogen-bond acceptors (Lipinski definition) is 5. The fourth-order valence-electron chi connectivity index (χ4n) is 7.01. The van der Waals surface area contributed by atoms with Gasteiger partial charge in [-0.25, -0.2) is 8.78 Å². The predicted octanol–water partition coefficient (Wildman–Crippen LogP) is 8.01. The van der Waals surface area contributed by atoms with E-state index in [9.17, 15) is 13.9 Å². The summed E-state index contributed by atoms with van der Waals surface area (Å²) in [6, 6.07) is 42.3. The zero-order chi connectivity index (χ0) is 33.7. The molecule has 5 nitrogen and oxygen atoms in total. The third-order valence-corrected chi connectivity index (χ3v) is 9.33. The van der Waals surface area contributed by atoms with Crippen molar-refractivity contribution in [2.45, 2.75) is 35.3 Å². The normalized spacial score (nSPS) is 18.0. The molecule has 48 heavy (non-hydrogen) atoms. The molecule has 1 saturated heterocycles. The first-order valence-electron chi connectivity index (χ1n) is 15.8. The summed E-state index contributed by atoms with van der Waals surface area (Å²) in [5.74, 6) is -3.00. The van der Waals surface area contributed by atoms with E-state index in [2.05, 4.69) is 6.58 Å². The van der Waals surface area contributed by atoms with E-state index in [0.29, 0.717) is 0 Å². The number of methoxy groups -OCH3 is 2. The van der Waals surface area contributed by atoms with Gasteiger partial charge in [0, 0.05) is 20.0 Å². The number of hydrogen-bond donors (Lipinski definition) is 1. The quantitative estimate of drug-likeness (QED) is 0.110. The van der Waals surface area contributed by atoms with Crippen LogP contribution in [0, 0.1) is 11.6 Å². The highest BCUT2D eigenvalue weighted by Gasteiger charge is 2.63. The maximum atomic E-state index is 14.4. The Balaban J connectivity index is 1.60. The summed E-state index contributed by atoms with van der Waals surface area (Å²) in [7, 11) is 2.15. The van der Waals surface area contributed by atoms with Crippen LogP contribution < -0.4 is 0 Å². The monoisotopic (exact) mass is 646 g/mol. The Labute approximate surface area is 280 Å². The van der Waals surface area contributed by atoms with Crippen LogP contribution in [0.1, 0.15) is 33.9 Å². The Kier molecular flexibility index (Phi) is 10.0. The number of halogens is 2. The van der Waals surface area contributed by atoms with E-state index in [0.717, 1.165) is 34.4 Å². The summed E-state index contributed by atoms with van der Waals surface area (Å²) in [5, 5.41) is 11.6. The number of aliphatic hydroxyl groups is 1. The van der Waals surface area contributed by atoms with E-state index in [1.165, 1.54) is 12.1 Å². The lowest BCUT2D eigenvalue weighted by Crippen LogP contribution is -2.56. The van der Waals surface area contributed by atoms with Crippen molar-refractivity contribution >= 4 is 7.12 Å². The molecule has 6 rings (SSSR count). The first kappa shape index (κ1) is 33.5. The molecule has 8 heteroatoms. The van der Waals surface area contributed by atoms with Gasteiger partial charge >= 0.3 is 7.12 Å². The number of rotatable bonds is 12. The van der Waals surface area contributed by atoms with Gasteiger partial charge in [-0.2, -0.15) is 0 Å². The van der Waals surface area contributed by atoms with Crippen LogP contribution in [0.4, 0.5) is 8.78 Å². The fourth-order valence-corrected chi connectivity index (χ4v) is 7.01.